The second-order valence-corrected chi connectivity index (χ2v) is 4.54. The maximum Gasteiger partial charge on any atom is 0.410 e. The van der Waals surface area contributed by atoms with Gasteiger partial charge in [-0.1, -0.05) is 6.92 Å². The molecule has 1 saturated heterocycles. The van der Waals surface area contributed by atoms with Crippen LogP contribution in [0.25, 0.3) is 0 Å². The number of carbonyl (C=O) groups excluding carboxylic acids is 1. The van der Waals surface area contributed by atoms with Crippen molar-refractivity contribution in [3.8, 4) is 0 Å². The van der Waals surface area contributed by atoms with Gasteiger partial charge in [0.15, 0.2) is 0 Å². The number of nitrogens with zero attached hydrogens (tertiary/aromatic N) is 1. The topological polar surface area (TPSA) is 29.5 Å². The Hall–Kier alpha value is -0.730. The van der Waals surface area contributed by atoms with Gasteiger partial charge in [0, 0.05) is 13.1 Å². The van der Waals surface area contributed by atoms with Crippen LogP contribution < -0.4 is 0 Å². The predicted octanol–water partition coefficient (Wildman–Crippen LogP) is 2.08. The van der Waals surface area contributed by atoms with Crippen LogP contribution in [0.4, 0.5) is 4.79 Å². The van der Waals surface area contributed by atoms with Crippen LogP contribution in [0.1, 0.15) is 27.2 Å². The Kier molecular flexibility index (Phi) is 2.84. The van der Waals surface area contributed by atoms with E-state index >= 15 is 0 Å². The highest BCUT2D eigenvalue weighted by Gasteiger charge is 2.32. The minimum Gasteiger partial charge on any atom is -0.444 e. The zero-order valence-corrected chi connectivity index (χ0v) is 8.67. The molecule has 0 aliphatic carbocycles. The molecule has 0 saturated carbocycles. The van der Waals surface area contributed by atoms with Gasteiger partial charge < -0.3 is 9.64 Å². The summed E-state index contributed by atoms with van der Waals surface area (Å²) in [4.78, 5) is 13.1. The van der Waals surface area contributed by atoms with E-state index in [-0.39, 0.29) is 11.7 Å². The minimum absolute atomic E-state index is 0.197. The summed E-state index contributed by atoms with van der Waals surface area (Å²) in [5.41, 5.74) is -0.382. The van der Waals surface area contributed by atoms with Crippen molar-refractivity contribution in [3.63, 3.8) is 0 Å². The maximum atomic E-state index is 11.4. The van der Waals surface area contributed by atoms with Crippen LogP contribution in [0.5, 0.6) is 0 Å². The van der Waals surface area contributed by atoms with E-state index in [1.807, 2.05) is 20.8 Å². The van der Waals surface area contributed by atoms with Crippen LogP contribution in [0, 0.1) is 12.8 Å². The van der Waals surface area contributed by atoms with E-state index in [4.69, 9.17) is 4.74 Å². The van der Waals surface area contributed by atoms with Crippen molar-refractivity contribution in [2.24, 2.45) is 5.92 Å². The lowest BCUT2D eigenvalue weighted by molar-refractivity contribution is -0.000589. The highest BCUT2D eigenvalue weighted by atomic mass is 16.6. The molecule has 75 valence electrons. The lowest BCUT2D eigenvalue weighted by Crippen LogP contribution is -2.51. The number of hydrogen-bond acceptors (Lipinski definition) is 2. The maximum absolute atomic E-state index is 11.4. The molecule has 1 fully saturated rings. The van der Waals surface area contributed by atoms with E-state index in [1.54, 1.807) is 4.90 Å². The Morgan fingerprint density at radius 1 is 1.54 bits per heavy atom. The zero-order valence-electron chi connectivity index (χ0n) is 8.67. The molecule has 1 rings (SSSR count). The average Bonchev–Trinajstić information content (AvgIpc) is 1.79. The smallest absolute Gasteiger partial charge is 0.410 e. The first-order valence-corrected chi connectivity index (χ1v) is 4.69. The number of likely N-dealkylation sites (tertiary alicyclic amines) is 1. The fourth-order valence-electron chi connectivity index (χ4n) is 1.23. The van der Waals surface area contributed by atoms with E-state index in [0.29, 0.717) is 5.92 Å². The van der Waals surface area contributed by atoms with Crippen LogP contribution in [0.2, 0.25) is 0 Å². The van der Waals surface area contributed by atoms with Crippen LogP contribution in [0.15, 0.2) is 0 Å². The summed E-state index contributed by atoms with van der Waals surface area (Å²) < 4.78 is 5.20. The Labute approximate surface area is 80.1 Å². The average molecular weight is 184 g/mol. The summed E-state index contributed by atoms with van der Waals surface area (Å²) in [5, 5.41) is 0. The lowest BCUT2D eigenvalue weighted by atomic mass is 9.98. The summed E-state index contributed by atoms with van der Waals surface area (Å²) in [6.45, 7) is 11.0. The first-order chi connectivity index (χ1) is 5.92. The summed E-state index contributed by atoms with van der Waals surface area (Å²) in [7, 11) is 0. The fourth-order valence-corrected chi connectivity index (χ4v) is 1.23. The van der Waals surface area contributed by atoms with Gasteiger partial charge in [-0.2, -0.15) is 0 Å². The molecule has 0 N–H and O–H groups in total. The monoisotopic (exact) mass is 184 g/mol. The molecule has 0 spiro atoms. The van der Waals surface area contributed by atoms with Gasteiger partial charge in [0.1, 0.15) is 5.60 Å². The summed E-state index contributed by atoms with van der Waals surface area (Å²) >= 11 is 0. The van der Waals surface area contributed by atoms with Gasteiger partial charge in [0.25, 0.3) is 0 Å². The van der Waals surface area contributed by atoms with Gasteiger partial charge in [0.2, 0.25) is 0 Å². The van der Waals surface area contributed by atoms with E-state index in [9.17, 15) is 4.79 Å². The molecule has 0 aromatic carbocycles. The zero-order chi connectivity index (χ0) is 10.1. The van der Waals surface area contributed by atoms with Crippen LogP contribution in [-0.4, -0.2) is 29.7 Å². The SMILES string of the molecule is [CH2]CC1CN(C(=O)OC(C)(C)C)C1. The van der Waals surface area contributed by atoms with E-state index in [0.717, 1.165) is 19.5 Å². The second-order valence-electron chi connectivity index (χ2n) is 4.54. The van der Waals surface area contributed by atoms with Gasteiger partial charge in [-0.05, 0) is 33.1 Å². The van der Waals surface area contributed by atoms with E-state index in [2.05, 4.69) is 6.92 Å². The summed E-state index contributed by atoms with van der Waals surface area (Å²) in [6.07, 6.45) is 0.705. The van der Waals surface area contributed by atoms with Crippen LogP contribution >= 0.6 is 0 Å². The number of rotatable bonds is 1. The molecule has 0 aromatic heterocycles. The van der Waals surface area contributed by atoms with E-state index < -0.39 is 0 Å². The van der Waals surface area contributed by atoms with Crippen molar-refractivity contribution in [3.05, 3.63) is 6.92 Å². The quantitative estimate of drug-likeness (QED) is 0.624. The van der Waals surface area contributed by atoms with Crippen molar-refractivity contribution >= 4 is 6.09 Å². The van der Waals surface area contributed by atoms with E-state index in [1.165, 1.54) is 0 Å². The highest BCUT2D eigenvalue weighted by molar-refractivity contribution is 5.69. The molecule has 13 heavy (non-hydrogen) atoms. The normalized spacial score (nSPS) is 18.3. The third kappa shape index (κ3) is 2.90. The minimum atomic E-state index is -0.382. The number of hydrogen-bond donors (Lipinski definition) is 0. The number of amides is 1. The lowest BCUT2D eigenvalue weighted by Gasteiger charge is -2.39. The molecule has 0 bridgehead atoms. The van der Waals surface area contributed by atoms with Crippen molar-refractivity contribution < 1.29 is 9.53 Å². The molecule has 1 heterocycles. The molecule has 0 atom stereocenters. The molecule has 1 radical (unpaired) electrons. The second kappa shape index (κ2) is 3.56. The van der Waals surface area contributed by atoms with Gasteiger partial charge in [-0.25, -0.2) is 4.79 Å². The van der Waals surface area contributed by atoms with Crippen molar-refractivity contribution in [1.82, 2.24) is 4.90 Å². The standard InChI is InChI=1S/C10H18NO2/c1-5-8-6-11(7-8)9(12)13-10(2,3)4/h8H,1,5-7H2,2-4H3. The molecule has 3 nitrogen and oxygen atoms in total. The Morgan fingerprint density at radius 3 is 2.46 bits per heavy atom. The molecule has 1 amide bonds. The summed E-state index contributed by atoms with van der Waals surface area (Å²) in [5.74, 6) is 0.576. The largest absolute Gasteiger partial charge is 0.444 e. The molecule has 0 aromatic rings. The van der Waals surface area contributed by atoms with Gasteiger partial charge >= 0.3 is 6.09 Å². The Balaban J connectivity index is 2.27. The van der Waals surface area contributed by atoms with Gasteiger partial charge in [-0.3, -0.25) is 0 Å². The molecule has 3 heteroatoms. The Bertz CT molecular complexity index is 190. The van der Waals surface area contributed by atoms with Gasteiger partial charge in [0.05, 0.1) is 0 Å². The molecule has 1 aliphatic rings. The van der Waals surface area contributed by atoms with Gasteiger partial charge in [-0.15, -0.1) is 0 Å². The number of carbonyl (C=O) groups is 1. The van der Waals surface area contributed by atoms with Crippen LogP contribution in [0.3, 0.4) is 0 Å². The van der Waals surface area contributed by atoms with Crippen molar-refractivity contribution in [1.29, 1.82) is 0 Å². The third-order valence-electron chi connectivity index (χ3n) is 2.02. The van der Waals surface area contributed by atoms with Crippen molar-refractivity contribution in [2.75, 3.05) is 13.1 Å². The number of ether oxygens (including phenoxy) is 1. The third-order valence-corrected chi connectivity index (χ3v) is 2.02. The van der Waals surface area contributed by atoms with Crippen LogP contribution in [-0.2, 0) is 4.74 Å². The molecular weight excluding hydrogens is 166 g/mol. The fraction of sp³-hybridized carbons (Fsp3) is 0.800. The summed E-state index contributed by atoms with van der Waals surface area (Å²) in [6, 6.07) is 0. The molecular formula is C10H18NO2. The molecule has 1 aliphatic heterocycles. The first-order valence-electron chi connectivity index (χ1n) is 4.69. The first kappa shape index (κ1) is 10.4. The molecule has 0 unspecified atom stereocenters. The Morgan fingerprint density at radius 2 is 2.08 bits per heavy atom. The highest BCUT2D eigenvalue weighted by Crippen LogP contribution is 2.21. The predicted molar refractivity (Wildman–Crippen MR) is 51.3 cm³/mol. The van der Waals surface area contributed by atoms with Crippen molar-refractivity contribution in [2.45, 2.75) is 32.8 Å².